The maximum Gasteiger partial charge on any atom is 0.421 e. The fourth-order valence-electron chi connectivity index (χ4n) is 0.569. The lowest BCUT2D eigenvalue weighted by molar-refractivity contribution is 0.177. The molecule has 1 amide bonds. The van der Waals surface area contributed by atoms with E-state index in [0.29, 0.717) is 6.42 Å². The van der Waals surface area contributed by atoms with Crippen molar-refractivity contribution in [3.05, 3.63) is 0 Å². The Morgan fingerprint density at radius 3 is 2.57 bits per heavy atom. The Bertz CT molecular complexity index is 331. The number of carbonyl (C=O) groups excluding carboxylic acids is 1. The van der Waals surface area contributed by atoms with Crippen molar-refractivity contribution in [3.8, 4) is 6.07 Å². The summed E-state index contributed by atoms with van der Waals surface area (Å²) in [5.41, 5.74) is 0. The van der Waals surface area contributed by atoms with Gasteiger partial charge in [-0.2, -0.15) is 18.4 Å². The van der Waals surface area contributed by atoms with Crippen LogP contribution < -0.4 is 9.44 Å². The van der Waals surface area contributed by atoms with E-state index in [-0.39, 0.29) is 0 Å². The van der Waals surface area contributed by atoms with Crippen molar-refractivity contribution in [2.45, 2.75) is 19.4 Å². The molecule has 0 rings (SSSR count). The summed E-state index contributed by atoms with van der Waals surface area (Å²) in [5, 5.41) is 8.46. The maximum atomic E-state index is 11.1. The van der Waals surface area contributed by atoms with Gasteiger partial charge in [-0.05, 0) is 6.42 Å². The summed E-state index contributed by atoms with van der Waals surface area (Å²) in [7, 11) is -2.98. The molecule has 0 aromatic heterocycles. The van der Waals surface area contributed by atoms with Crippen molar-refractivity contribution in [1.82, 2.24) is 9.44 Å². The van der Waals surface area contributed by atoms with Gasteiger partial charge in [0.2, 0.25) is 0 Å². The Kier molecular flexibility index (Phi) is 4.90. The number of nitrogens with one attached hydrogen (secondary N) is 2. The molecule has 7 nitrogen and oxygen atoms in total. The first-order valence-electron chi connectivity index (χ1n) is 3.72. The lowest BCUT2D eigenvalue weighted by atomic mass is 10.3. The van der Waals surface area contributed by atoms with Crippen molar-refractivity contribution >= 4 is 16.3 Å². The van der Waals surface area contributed by atoms with Crippen LogP contribution in [0.5, 0.6) is 0 Å². The molecule has 1 unspecified atom stereocenters. The van der Waals surface area contributed by atoms with Gasteiger partial charge in [0.05, 0.1) is 13.2 Å². The van der Waals surface area contributed by atoms with Crippen molar-refractivity contribution in [2.75, 3.05) is 7.11 Å². The maximum absolute atomic E-state index is 11.1. The molecule has 0 spiro atoms. The summed E-state index contributed by atoms with van der Waals surface area (Å²) < 4.78 is 29.7. The first-order chi connectivity index (χ1) is 6.45. The molecule has 8 heteroatoms. The molecule has 2 N–H and O–H groups in total. The average Bonchev–Trinajstić information content (AvgIpc) is 2.13. The summed E-state index contributed by atoms with van der Waals surface area (Å²) in [4.78, 5) is 10.6. The molecular formula is C6H11N3O4S. The highest BCUT2D eigenvalue weighted by molar-refractivity contribution is 7.88. The zero-order valence-corrected chi connectivity index (χ0v) is 8.59. The lowest BCUT2D eigenvalue weighted by Crippen LogP contribution is -2.44. The fraction of sp³-hybridized carbons (Fsp3) is 0.667. The third-order valence-corrected chi connectivity index (χ3v) is 2.29. The Balaban J connectivity index is 4.36. The Hall–Kier alpha value is -1.33. The highest BCUT2D eigenvalue weighted by Gasteiger charge is 2.18. The molecule has 1 atom stereocenters. The second-order valence-corrected chi connectivity index (χ2v) is 3.75. The summed E-state index contributed by atoms with van der Waals surface area (Å²) >= 11 is 0. The number of amides is 1. The number of carbonyl (C=O) groups is 1. The molecule has 0 saturated carbocycles. The standard InChI is InChI=1S/C6H11N3O4S/c1-3-5(4-7)8-14(11,12)9-6(10)13-2/h5,8H,3H2,1-2H3,(H,9,10). The molecule has 0 aliphatic heterocycles. The minimum atomic E-state index is -4.01. The topological polar surface area (TPSA) is 108 Å². The van der Waals surface area contributed by atoms with Crippen LogP contribution in [-0.4, -0.2) is 27.7 Å². The summed E-state index contributed by atoms with van der Waals surface area (Å²) in [5.74, 6) is 0. The van der Waals surface area contributed by atoms with E-state index in [1.165, 1.54) is 0 Å². The van der Waals surface area contributed by atoms with Crippen LogP contribution in [0.2, 0.25) is 0 Å². The van der Waals surface area contributed by atoms with Crippen LogP contribution in [-0.2, 0) is 14.9 Å². The van der Waals surface area contributed by atoms with Crippen LogP contribution in [0.25, 0.3) is 0 Å². The molecule has 0 aromatic rings. The van der Waals surface area contributed by atoms with Gasteiger partial charge in [-0.3, -0.25) is 0 Å². The van der Waals surface area contributed by atoms with Crippen LogP contribution in [0, 0.1) is 11.3 Å². The second-order valence-electron chi connectivity index (χ2n) is 2.30. The highest BCUT2D eigenvalue weighted by Crippen LogP contribution is 1.91. The van der Waals surface area contributed by atoms with Crippen molar-refractivity contribution in [2.24, 2.45) is 0 Å². The average molecular weight is 221 g/mol. The van der Waals surface area contributed by atoms with Gasteiger partial charge in [-0.15, -0.1) is 0 Å². The predicted octanol–water partition coefficient (Wildman–Crippen LogP) is -0.521. The van der Waals surface area contributed by atoms with E-state index in [0.717, 1.165) is 7.11 Å². The smallest absolute Gasteiger partial charge is 0.421 e. The number of nitriles is 1. The second kappa shape index (κ2) is 5.41. The van der Waals surface area contributed by atoms with Gasteiger partial charge < -0.3 is 4.74 Å². The molecule has 0 radical (unpaired) electrons. The minimum Gasteiger partial charge on any atom is -0.452 e. The number of nitrogens with zero attached hydrogens (tertiary/aromatic N) is 1. The normalized spacial score (nSPS) is 12.6. The number of rotatable bonds is 4. The van der Waals surface area contributed by atoms with Gasteiger partial charge in [0.1, 0.15) is 6.04 Å². The molecule has 0 aliphatic carbocycles. The van der Waals surface area contributed by atoms with Crippen LogP contribution in [0.4, 0.5) is 4.79 Å². The lowest BCUT2D eigenvalue weighted by Gasteiger charge is -2.09. The van der Waals surface area contributed by atoms with Gasteiger partial charge in [0.15, 0.2) is 0 Å². The Morgan fingerprint density at radius 2 is 2.21 bits per heavy atom. The van der Waals surface area contributed by atoms with Crippen molar-refractivity contribution < 1.29 is 17.9 Å². The van der Waals surface area contributed by atoms with Crippen LogP contribution in [0.3, 0.4) is 0 Å². The van der Waals surface area contributed by atoms with E-state index in [1.807, 2.05) is 4.72 Å². The predicted molar refractivity (Wildman–Crippen MR) is 47.3 cm³/mol. The minimum absolute atomic E-state index is 0.304. The zero-order valence-electron chi connectivity index (χ0n) is 7.77. The van der Waals surface area contributed by atoms with Crippen molar-refractivity contribution in [3.63, 3.8) is 0 Å². The first kappa shape index (κ1) is 12.7. The van der Waals surface area contributed by atoms with Gasteiger partial charge in [0, 0.05) is 0 Å². The highest BCUT2D eigenvalue weighted by atomic mass is 32.2. The molecule has 0 aromatic carbocycles. The zero-order chi connectivity index (χ0) is 11.2. The summed E-state index contributed by atoms with van der Waals surface area (Å²) in [6, 6.07) is 0.853. The van der Waals surface area contributed by atoms with Crippen LogP contribution >= 0.6 is 0 Å². The summed E-state index contributed by atoms with van der Waals surface area (Å²) in [6.07, 6.45) is -0.802. The molecule has 0 saturated heterocycles. The van der Waals surface area contributed by atoms with Gasteiger partial charge in [-0.25, -0.2) is 9.52 Å². The number of hydrogen-bond donors (Lipinski definition) is 2. The largest absolute Gasteiger partial charge is 0.452 e. The van der Waals surface area contributed by atoms with Crippen LogP contribution in [0.15, 0.2) is 0 Å². The number of methoxy groups -OCH3 is 1. The molecule has 80 valence electrons. The van der Waals surface area contributed by atoms with Gasteiger partial charge in [-0.1, -0.05) is 6.92 Å². The van der Waals surface area contributed by atoms with Gasteiger partial charge >= 0.3 is 16.3 Å². The van der Waals surface area contributed by atoms with Gasteiger partial charge in [0.25, 0.3) is 0 Å². The van der Waals surface area contributed by atoms with E-state index in [4.69, 9.17) is 5.26 Å². The van der Waals surface area contributed by atoms with Crippen LogP contribution in [0.1, 0.15) is 13.3 Å². The van der Waals surface area contributed by atoms with E-state index in [1.54, 1.807) is 17.7 Å². The fourth-order valence-corrected chi connectivity index (χ4v) is 1.52. The van der Waals surface area contributed by atoms with E-state index >= 15 is 0 Å². The Labute approximate surface area is 82.2 Å². The molecule has 0 heterocycles. The monoisotopic (exact) mass is 221 g/mol. The molecular weight excluding hydrogens is 210 g/mol. The van der Waals surface area contributed by atoms with E-state index in [2.05, 4.69) is 4.74 Å². The SMILES string of the molecule is CCC(C#N)NS(=O)(=O)NC(=O)OC. The van der Waals surface area contributed by atoms with E-state index < -0.39 is 22.3 Å². The number of ether oxygens (including phenoxy) is 1. The molecule has 0 bridgehead atoms. The number of hydrogen-bond acceptors (Lipinski definition) is 5. The third-order valence-electron chi connectivity index (χ3n) is 1.26. The van der Waals surface area contributed by atoms with Crippen molar-refractivity contribution in [1.29, 1.82) is 5.26 Å². The Morgan fingerprint density at radius 1 is 1.64 bits per heavy atom. The molecule has 0 aliphatic rings. The quantitative estimate of drug-likeness (QED) is 0.664. The summed E-state index contributed by atoms with van der Waals surface area (Å²) in [6.45, 7) is 1.63. The molecule has 0 fully saturated rings. The first-order valence-corrected chi connectivity index (χ1v) is 5.21. The van der Waals surface area contributed by atoms with E-state index in [9.17, 15) is 13.2 Å². The molecule has 14 heavy (non-hydrogen) atoms. The third kappa shape index (κ3) is 4.64.